The van der Waals surface area contributed by atoms with Gasteiger partial charge in [0.2, 0.25) is 0 Å². The van der Waals surface area contributed by atoms with Crippen molar-refractivity contribution in [2.24, 2.45) is 5.92 Å². The number of amides is 2. The van der Waals surface area contributed by atoms with Crippen LogP contribution in [-0.2, 0) is 16.0 Å². The van der Waals surface area contributed by atoms with E-state index in [2.05, 4.69) is 35.4 Å². The van der Waals surface area contributed by atoms with E-state index in [0.29, 0.717) is 36.3 Å². The minimum Gasteiger partial charge on any atom is -0.383 e. The molecule has 3 heterocycles. The number of hydrogen-bond donors (Lipinski definition) is 2. The van der Waals surface area contributed by atoms with Crippen LogP contribution in [0.2, 0.25) is 0 Å². The monoisotopic (exact) mass is 477 g/mol. The molecular weight excluding hydrogens is 446 g/mol. The predicted octanol–water partition coefficient (Wildman–Crippen LogP) is 5.04. The second-order valence-corrected chi connectivity index (χ2v) is 10.7. The molecule has 0 radical (unpaired) electrons. The van der Waals surface area contributed by atoms with E-state index in [4.69, 9.17) is 10.7 Å². The maximum atomic E-state index is 13.3. The Morgan fingerprint density at radius 2 is 2.03 bits per heavy atom. The molecule has 34 heavy (non-hydrogen) atoms. The summed E-state index contributed by atoms with van der Waals surface area (Å²) in [5.41, 5.74) is 9.24. The zero-order valence-electron chi connectivity index (χ0n) is 19.7. The normalized spacial score (nSPS) is 20.8. The first-order valence-electron chi connectivity index (χ1n) is 12.2. The molecule has 2 amide bonds. The van der Waals surface area contributed by atoms with Gasteiger partial charge in [-0.05, 0) is 67.3 Å². The van der Waals surface area contributed by atoms with E-state index < -0.39 is 11.8 Å². The molecule has 1 aliphatic heterocycles. The minimum absolute atomic E-state index is 0.136. The van der Waals surface area contributed by atoms with E-state index >= 15 is 0 Å². The molecule has 1 saturated carbocycles. The molecule has 0 unspecified atom stereocenters. The number of nitrogens with one attached hydrogen (secondary N) is 1. The Balaban J connectivity index is 1.37. The Morgan fingerprint density at radius 1 is 1.21 bits per heavy atom. The number of nitrogen functional groups attached to an aromatic ring is 1. The molecule has 1 saturated heterocycles. The summed E-state index contributed by atoms with van der Waals surface area (Å²) in [5.74, 6) is 0.227. The average Bonchev–Trinajstić information content (AvgIpc) is 3.20. The van der Waals surface area contributed by atoms with Crippen LogP contribution < -0.4 is 11.1 Å². The number of carbonyl (C=O) groups is 2. The number of nitrogens with zero attached hydrogens (tertiary/aromatic N) is 3. The summed E-state index contributed by atoms with van der Waals surface area (Å²) < 4.78 is 1.19. The lowest BCUT2D eigenvalue weighted by Gasteiger charge is -2.38. The Labute approximate surface area is 203 Å². The first-order chi connectivity index (χ1) is 16.4. The Hall–Kier alpha value is -3.00. The van der Waals surface area contributed by atoms with E-state index in [-0.39, 0.29) is 6.04 Å². The molecule has 5 rings (SSSR count). The highest BCUT2D eigenvalue weighted by Gasteiger charge is 2.34. The fourth-order valence-electron chi connectivity index (χ4n) is 4.91. The summed E-state index contributed by atoms with van der Waals surface area (Å²) in [5, 5.41) is 3.96. The van der Waals surface area contributed by atoms with Crippen LogP contribution in [0.1, 0.15) is 74.0 Å². The Morgan fingerprint density at radius 3 is 2.76 bits per heavy atom. The molecule has 8 heteroatoms. The van der Waals surface area contributed by atoms with Crippen LogP contribution in [0, 0.1) is 5.92 Å². The maximum absolute atomic E-state index is 13.3. The molecule has 2 aliphatic rings. The number of anilines is 2. The summed E-state index contributed by atoms with van der Waals surface area (Å²) in [7, 11) is 0. The quantitative estimate of drug-likeness (QED) is 0.513. The molecule has 2 aromatic heterocycles. The van der Waals surface area contributed by atoms with Crippen molar-refractivity contribution in [2.45, 2.75) is 64.3 Å². The number of carbonyl (C=O) groups excluding carboxylic acids is 2. The van der Waals surface area contributed by atoms with E-state index in [1.54, 1.807) is 22.3 Å². The second kappa shape index (κ2) is 9.33. The van der Waals surface area contributed by atoms with E-state index in [1.807, 2.05) is 6.92 Å². The van der Waals surface area contributed by atoms with Gasteiger partial charge in [-0.25, -0.2) is 9.97 Å². The smallest absolute Gasteiger partial charge is 0.313 e. The number of nitrogens with two attached hydrogens (primary N) is 1. The molecule has 0 bridgehead atoms. The maximum Gasteiger partial charge on any atom is 0.313 e. The van der Waals surface area contributed by atoms with Gasteiger partial charge in [0, 0.05) is 12.5 Å². The summed E-state index contributed by atoms with van der Waals surface area (Å²) in [6.45, 7) is 4.65. The molecule has 3 aromatic rings. The lowest BCUT2D eigenvalue weighted by Crippen LogP contribution is -2.46. The first-order valence-corrected chi connectivity index (χ1v) is 13.0. The van der Waals surface area contributed by atoms with Gasteiger partial charge in [-0.15, -0.1) is 11.3 Å². The fourth-order valence-corrected chi connectivity index (χ4v) is 6.03. The van der Waals surface area contributed by atoms with Crippen molar-refractivity contribution in [1.82, 2.24) is 14.9 Å². The van der Waals surface area contributed by atoms with Crippen molar-refractivity contribution in [3.05, 3.63) is 46.6 Å². The number of likely N-dealkylation sites (tertiary alicyclic amines) is 1. The highest BCUT2D eigenvalue weighted by Crippen LogP contribution is 2.41. The number of pyridine rings is 1. The summed E-state index contributed by atoms with van der Waals surface area (Å²) >= 11 is 1.78. The number of thiazole rings is 1. The lowest BCUT2D eigenvalue weighted by atomic mass is 9.86. The molecule has 2 fully saturated rings. The van der Waals surface area contributed by atoms with Gasteiger partial charge in [0.1, 0.15) is 5.82 Å². The van der Waals surface area contributed by atoms with Crippen LogP contribution >= 0.6 is 11.3 Å². The highest BCUT2D eigenvalue weighted by atomic mass is 32.1. The van der Waals surface area contributed by atoms with Crippen molar-refractivity contribution in [2.75, 3.05) is 17.6 Å². The molecular formula is C26H31N5O2S. The second-order valence-electron chi connectivity index (χ2n) is 9.64. The van der Waals surface area contributed by atoms with E-state index in [0.717, 1.165) is 29.5 Å². The van der Waals surface area contributed by atoms with Crippen molar-refractivity contribution in [3.8, 4) is 0 Å². The minimum atomic E-state index is -0.644. The molecule has 2 atom stereocenters. The summed E-state index contributed by atoms with van der Waals surface area (Å²) in [6, 6.07) is 7.98. The fraction of sp³-hybridized carbons (Fsp3) is 0.462. The van der Waals surface area contributed by atoms with Gasteiger partial charge in [-0.2, -0.15) is 0 Å². The lowest BCUT2D eigenvalue weighted by molar-refractivity contribution is -0.146. The van der Waals surface area contributed by atoms with Gasteiger partial charge in [-0.1, -0.05) is 26.3 Å². The van der Waals surface area contributed by atoms with Gasteiger partial charge in [0.25, 0.3) is 0 Å². The van der Waals surface area contributed by atoms with Crippen molar-refractivity contribution in [1.29, 1.82) is 0 Å². The largest absolute Gasteiger partial charge is 0.383 e. The molecule has 3 N–H and O–H groups in total. The number of benzene rings is 1. The van der Waals surface area contributed by atoms with E-state index in [1.165, 1.54) is 35.2 Å². The van der Waals surface area contributed by atoms with Gasteiger partial charge in [-0.3, -0.25) is 9.59 Å². The standard InChI is InChI=1S/C26H31N5O2S/c1-3-16-11-19(13-28-23(16)27)29-24(32)26(33)31-14-15(2)7-9-21(31)18-8-10-22-20(12-18)30-25(34-22)17-5-4-6-17/h8,10-13,15,17,21H,3-7,9,14H2,1-2H3,(H2,27,28)(H,29,32)/t15-,21-/m1/s1. The van der Waals surface area contributed by atoms with Crippen LogP contribution in [0.15, 0.2) is 30.5 Å². The summed E-state index contributed by atoms with van der Waals surface area (Å²) in [4.78, 5) is 37.0. The molecule has 178 valence electrons. The topological polar surface area (TPSA) is 101 Å². The average molecular weight is 478 g/mol. The number of aromatic nitrogens is 2. The third-order valence-corrected chi connectivity index (χ3v) is 8.38. The van der Waals surface area contributed by atoms with Gasteiger partial charge in [0.05, 0.1) is 33.2 Å². The molecule has 1 aliphatic carbocycles. The van der Waals surface area contributed by atoms with Crippen molar-refractivity contribution >= 4 is 44.9 Å². The van der Waals surface area contributed by atoms with Crippen LogP contribution in [-0.4, -0.2) is 33.2 Å². The third-order valence-electron chi connectivity index (χ3n) is 7.18. The van der Waals surface area contributed by atoms with Crippen molar-refractivity contribution < 1.29 is 9.59 Å². The van der Waals surface area contributed by atoms with Gasteiger partial charge in [0.15, 0.2) is 0 Å². The van der Waals surface area contributed by atoms with Crippen LogP contribution in [0.3, 0.4) is 0 Å². The van der Waals surface area contributed by atoms with Crippen LogP contribution in [0.5, 0.6) is 0 Å². The van der Waals surface area contributed by atoms with Gasteiger partial charge < -0.3 is 16.0 Å². The number of hydrogen-bond acceptors (Lipinski definition) is 6. The SMILES string of the molecule is CCc1cc(NC(=O)C(=O)N2C[C@H](C)CC[C@@H]2c2ccc3sc(C4CCC4)nc3c2)cnc1N. The number of fused-ring (bicyclic) bond motifs is 1. The number of aryl methyl sites for hydroxylation is 1. The Kier molecular flexibility index (Phi) is 6.25. The molecule has 1 aromatic carbocycles. The van der Waals surface area contributed by atoms with Crippen molar-refractivity contribution in [3.63, 3.8) is 0 Å². The highest BCUT2D eigenvalue weighted by molar-refractivity contribution is 7.18. The van der Waals surface area contributed by atoms with Crippen LogP contribution in [0.4, 0.5) is 11.5 Å². The number of piperidine rings is 1. The number of rotatable bonds is 4. The Bertz CT molecular complexity index is 1240. The van der Waals surface area contributed by atoms with Gasteiger partial charge >= 0.3 is 11.8 Å². The molecule has 7 nitrogen and oxygen atoms in total. The zero-order valence-corrected chi connectivity index (χ0v) is 20.5. The zero-order chi connectivity index (χ0) is 23.8. The third kappa shape index (κ3) is 4.39. The first kappa shape index (κ1) is 22.8. The van der Waals surface area contributed by atoms with Crippen LogP contribution in [0.25, 0.3) is 10.2 Å². The summed E-state index contributed by atoms with van der Waals surface area (Å²) in [6.07, 6.45) is 7.78. The molecule has 0 spiro atoms. The van der Waals surface area contributed by atoms with E-state index in [9.17, 15) is 9.59 Å². The predicted molar refractivity (Wildman–Crippen MR) is 136 cm³/mol.